The van der Waals surface area contributed by atoms with E-state index in [1.165, 1.54) is 55.4 Å². The van der Waals surface area contributed by atoms with Crippen LogP contribution in [0.3, 0.4) is 0 Å². The normalized spacial score (nSPS) is 27.0. The number of hydrogen-bond acceptors (Lipinski definition) is 6. The van der Waals surface area contributed by atoms with E-state index in [-0.39, 0.29) is 0 Å². The van der Waals surface area contributed by atoms with Gasteiger partial charge in [0.25, 0.3) is 0 Å². The van der Waals surface area contributed by atoms with Gasteiger partial charge in [0.1, 0.15) is 5.69 Å². The molecule has 2 aliphatic heterocycles. The van der Waals surface area contributed by atoms with Gasteiger partial charge in [-0.3, -0.25) is 0 Å². The minimum Gasteiger partial charge on any atom is -0.381 e. The first-order chi connectivity index (χ1) is 15.3. The van der Waals surface area contributed by atoms with Crippen molar-refractivity contribution in [2.24, 2.45) is 17.8 Å². The number of nitrogens with zero attached hydrogens (tertiary/aromatic N) is 3. The molecule has 3 aliphatic rings. The molecule has 2 saturated heterocycles. The Labute approximate surface area is 187 Å². The van der Waals surface area contributed by atoms with Crippen LogP contribution in [0.4, 0.5) is 5.82 Å². The number of hydrogen-bond donors (Lipinski definition) is 1. The molecule has 4 heterocycles. The molecule has 0 amide bonds. The van der Waals surface area contributed by atoms with E-state index in [2.05, 4.69) is 56.1 Å². The molecule has 31 heavy (non-hydrogen) atoms. The second kappa shape index (κ2) is 8.49. The maximum Gasteiger partial charge on any atom is 0.157 e. The fraction of sp³-hybridized carbons (Fsp3) is 0.520. The average molecular weight is 435 g/mol. The van der Waals surface area contributed by atoms with E-state index in [0.717, 1.165) is 48.0 Å². The molecule has 1 unspecified atom stereocenters. The minimum atomic E-state index is 0.514. The van der Waals surface area contributed by atoms with Crippen LogP contribution in [0.2, 0.25) is 0 Å². The SMILES string of the molecule is c1ccc(-c2nnc(N[C@@H]3CC4CN(CC5CCOCC5)C[C@H]4C3)c3ccsc23)cc1. The van der Waals surface area contributed by atoms with Crippen molar-refractivity contribution in [3.8, 4) is 11.3 Å². The molecule has 6 rings (SSSR count). The third kappa shape index (κ3) is 3.97. The van der Waals surface area contributed by atoms with Gasteiger partial charge in [0.05, 0.1) is 4.70 Å². The lowest BCUT2D eigenvalue weighted by atomic mass is 10.00. The summed E-state index contributed by atoms with van der Waals surface area (Å²) in [6.07, 6.45) is 4.99. The Kier molecular flexibility index (Phi) is 5.38. The van der Waals surface area contributed by atoms with E-state index in [1.807, 2.05) is 6.07 Å². The first-order valence-electron chi connectivity index (χ1n) is 11.7. The molecule has 3 atom stereocenters. The molecule has 1 N–H and O–H groups in total. The van der Waals surface area contributed by atoms with E-state index < -0.39 is 0 Å². The van der Waals surface area contributed by atoms with Crippen LogP contribution in [0.5, 0.6) is 0 Å². The molecule has 162 valence electrons. The number of rotatable bonds is 5. The van der Waals surface area contributed by atoms with Gasteiger partial charge >= 0.3 is 0 Å². The zero-order valence-corrected chi connectivity index (χ0v) is 18.7. The van der Waals surface area contributed by atoms with E-state index in [0.29, 0.717) is 6.04 Å². The van der Waals surface area contributed by atoms with E-state index in [1.54, 1.807) is 11.3 Å². The molecule has 0 radical (unpaired) electrons. The van der Waals surface area contributed by atoms with Crippen molar-refractivity contribution in [1.82, 2.24) is 15.1 Å². The smallest absolute Gasteiger partial charge is 0.157 e. The molecule has 1 aromatic carbocycles. The van der Waals surface area contributed by atoms with Crippen molar-refractivity contribution in [1.29, 1.82) is 0 Å². The predicted octanol–water partition coefficient (Wildman–Crippen LogP) is 4.91. The summed E-state index contributed by atoms with van der Waals surface area (Å²) in [4.78, 5) is 2.73. The number of nitrogens with one attached hydrogen (secondary N) is 1. The highest BCUT2D eigenvalue weighted by molar-refractivity contribution is 7.17. The Morgan fingerprint density at radius 3 is 2.55 bits per heavy atom. The van der Waals surface area contributed by atoms with Gasteiger partial charge in [-0.25, -0.2) is 0 Å². The Morgan fingerprint density at radius 1 is 1.00 bits per heavy atom. The Bertz CT molecular complexity index is 1020. The summed E-state index contributed by atoms with van der Waals surface area (Å²) in [6, 6.07) is 13.1. The lowest BCUT2D eigenvalue weighted by molar-refractivity contribution is 0.0545. The van der Waals surface area contributed by atoms with Gasteiger partial charge < -0.3 is 15.0 Å². The largest absolute Gasteiger partial charge is 0.381 e. The van der Waals surface area contributed by atoms with Crippen molar-refractivity contribution >= 4 is 27.2 Å². The quantitative estimate of drug-likeness (QED) is 0.618. The molecule has 3 aromatic rings. The topological polar surface area (TPSA) is 50.3 Å². The van der Waals surface area contributed by atoms with Crippen molar-refractivity contribution in [3.63, 3.8) is 0 Å². The number of likely N-dealkylation sites (tertiary alicyclic amines) is 1. The van der Waals surface area contributed by atoms with E-state index in [9.17, 15) is 0 Å². The van der Waals surface area contributed by atoms with Crippen LogP contribution in [-0.2, 0) is 4.74 Å². The molecule has 1 aliphatic carbocycles. The molecular formula is C25H30N4OS. The summed E-state index contributed by atoms with van der Waals surface area (Å²) < 4.78 is 6.76. The monoisotopic (exact) mass is 434 g/mol. The third-order valence-electron chi connectivity index (χ3n) is 7.46. The molecule has 0 bridgehead atoms. The number of anilines is 1. The third-order valence-corrected chi connectivity index (χ3v) is 8.38. The first kappa shape index (κ1) is 19.6. The van der Waals surface area contributed by atoms with Gasteiger partial charge in [0.2, 0.25) is 0 Å². The summed E-state index contributed by atoms with van der Waals surface area (Å²) in [7, 11) is 0. The average Bonchev–Trinajstić information content (AvgIpc) is 3.51. The van der Waals surface area contributed by atoms with Crippen molar-refractivity contribution in [3.05, 3.63) is 41.8 Å². The number of fused-ring (bicyclic) bond motifs is 2. The van der Waals surface area contributed by atoms with Crippen LogP contribution < -0.4 is 5.32 Å². The highest BCUT2D eigenvalue weighted by atomic mass is 32.1. The van der Waals surface area contributed by atoms with E-state index >= 15 is 0 Å². The highest BCUT2D eigenvalue weighted by Crippen LogP contribution is 2.41. The Balaban J connectivity index is 1.12. The molecular weight excluding hydrogens is 404 g/mol. The van der Waals surface area contributed by atoms with Gasteiger partial charge in [0, 0.05) is 49.8 Å². The number of benzene rings is 1. The maximum atomic E-state index is 5.53. The summed E-state index contributed by atoms with van der Waals surface area (Å²) in [5.41, 5.74) is 2.12. The van der Waals surface area contributed by atoms with E-state index in [4.69, 9.17) is 4.74 Å². The fourth-order valence-electron chi connectivity index (χ4n) is 5.92. The zero-order chi connectivity index (χ0) is 20.6. The minimum absolute atomic E-state index is 0.514. The zero-order valence-electron chi connectivity index (χ0n) is 17.9. The van der Waals surface area contributed by atoms with Crippen molar-refractivity contribution in [2.75, 3.05) is 38.2 Å². The summed E-state index contributed by atoms with van der Waals surface area (Å²) in [6.45, 7) is 5.73. The lowest BCUT2D eigenvalue weighted by Gasteiger charge is -2.27. The predicted molar refractivity (Wildman–Crippen MR) is 126 cm³/mol. The van der Waals surface area contributed by atoms with Gasteiger partial charge in [-0.05, 0) is 54.9 Å². The number of thiophene rings is 1. The van der Waals surface area contributed by atoms with Crippen LogP contribution in [0.25, 0.3) is 21.3 Å². The van der Waals surface area contributed by atoms with Gasteiger partial charge in [-0.2, -0.15) is 0 Å². The van der Waals surface area contributed by atoms with Gasteiger partial charge in [-0.1, -0.05) is 30.3 Å². The molecule has 1 saturated carbocycles. The van der Waals surface area contributed by atoms with Crippen LogP contribution >= 0.6 is 11.3 Å². The second-order valence-electron chi connectivity index (χ2n) is 9.53. The Morgan fingerprint density at radius 2 is 1.77 bits per heavy atom. The van der Waals surface area contributed by atoms with Gasteiger partial charge in [0.15, 0.2) is 5.82 Å². The van der Waals surface area contributed by atoms with Crippen molar-refractivity contribution < 1.29 is 4.74 Å². The Hall–Kier alpha value is -2.02. The molecule has 6 heteroatoms. The van der Waals surface area contributed by atoms with Gasteiger partial charge in [-0.15, -0.1) is 21.5 Å². The first-order valence-corrected chi connectivity index (χ1v) is 12.6. The van der Waals surface area contributed by atoms with Crippen LogP contribution in [0.15, 0.2) is 41.8 Å². The molecule has 3 fully saturated rings. The summed E-state index contributed by atoms with van der Waals surface area (Å²) in [5, 5.41) is 16.4. The lowest BCUT2D eigenvalue weighted by Crippen LogP contribution is -2.32. The fourth-order valence-corrected chi connectivity index (χ4v) is 6.82. The van der Waals surface area contributed by atoms with Crippen LogP contribution in [0, 0.1) is 17.8 Å². The van der Waals surface area contributed by atoms with Crippen molar-refractivity contribution in [2.45, 2.75) is 31.7 Å². The molecule has 0 spiro atoms. The standard InChI is InChI=1S/C25H30N4OS/c1-2-4-18(5-3-1)23-24-22(8-11-31-24)25(28-27-23)26-21-12-19-15-29(16-20(19)13-21)14-17-6-9-30-10-7-17/h1-5,8,11,17,19-21H,6-7,9-10,12-16H2,(H,26,28)/t19-,20?,21+/m1/s1. The number of aromatic nitrogens is 2. The molecule has 2 aromatic heterocycles. The summed E-state index contributed by atoms with van der Waals surface area (Å²) >= 11 is 1.76. The maximum absolute atomic E-state index is 5.53. The number of ether oxygens (including phenoxy) is 1. The van der Waals surface area contributed by atoms with Crippen LogP contribution in [0.1, 0.15) is 25.7 Å². The second-order valence-corrected chi connectivity index (χ2v) is 10.4. The summed E-state index contributed by atoms with van der Waals surface area (Å²) in [5.74, 6) is 3.45. The van der Waals surface area contributed by atoms with Crippen LogP contribution in [-0.4, -0.2) is 54.0 Å². The molecule has 5 nitrogen and oxygen atoms in total. The highest BCUT2D eigenvalue weighted by Gasteiger charge is 2.41.